The van der Waals surface area contributed by atoms with E-state index in [0.717, 1.165) is 11.8 Å². The Balaban J connectivity index is 1.85. The van der Waals surface area contributed by atoms with E-state index in [1.54, 1.807) is 0 Å². The van der Waals surface area contributed by atoms with Gasteiger partial charge >= 0.3 is 11.9 Å². The van der Waals surface area contributed by atoms with Crippen molar-refractivity contribution in [2.75, 3.05) is 6.61 Å². The Morgan fingerprint density at radius 1 is 1.33 bits per heavy atom. The van der Waals surface area contributed by atoms with Crippen molar-refractivity contribution >= 4 is 35.5 Å². The minimum Gasteiger partial charge on any atom is -0.480 e. The number of hydrogen-bond donors (Lipinski definition) is 5. The molecule has 10 nitrogen and oxygen atoms in total. The Morgan fingerprint density at radius 2 is 2.00 bits per heavy atom. The molecule has 2 fully saturated rings. The van der Waals surface area contributed by atoms with Crippen molar-refractivity contribution in [2.24, 2.45) is 5.73 Å². The second kappa shape index (κ2) is 7.36. The molecule has 0 aromatic rings. The van der Waals surface area contributed by atoms with Crippen LogP contribution in [0.3, 0.4) is 0 Å². The molecule has 24 heavy (non-hydrogen) atoms. The van der Waals surface area contributed by atoms with Gasteiger partial charge in [-0.1, -0.05) is 0 Å². The van der Waals surface area contributed by atoms with Crippen LogP contribution in [0.4, 0.5) is 0 Å². The largest absolute Gasteiger partial charge is 0.480 e. The van der Waals surface area contributed by atoms with Crippen LogP contribution in [0.1, 0.15) is 19.3 Å². The van der Waals surface area contributed by atoms with E-state index in [1.165, 1.54) is 4.90 Å². The molecule has 2 rings (SSSR count). The summed E-state index contributed by atoms with van der Waals surface area (Å²) in [5, 5.41) is 28.5. The molecular weight excluding hydrogens is 342 g/mol. The van der Waals surface area contributed by atoms with Gasteiger partial charge in [0.2, 0.25) is 11.8 Å². The number of nitrogens with one attached hydrogen (secondary N) is 1. The fraction of sp³-hybridized carbons (Fsp3) is 0.692. The molecule has 11 heteroatoms. The van der Waals surface area contributed by atoms with E-state index in [2.05, 4.69) is 5.32 Å². The van der Waals surface area contributed by atoms with Crippen molar-refractivity contribution in [1.29, 1.82) is 0 Å². The maximum Gasteiger partial charge on any atom is 0.327 e. The quantitative estimate of drug-likeness (QED) is 0.300. The van der Waals surface area contributed by atoms with Gasteiger partial charge < -0.3 is 31.3 Å². The number of rotatable bonds is 8. The maximum atomic E-state index is 12.1. The summed E-state index contributed by atoms with van der Waals surface area (Å²) in [6.07, 6.45) is 0.423. The number of nitrogens with zero attached hydrogens (tertiary/aromatic N) is 1. The molecule has 0 bridgehead atoms. The highest BCUT2D eigenvalue weighted by Gasteiger charge is 2.61. The number of aliphatic hydroxyl groups excluding tert-OH is 1. The zero-order valence-electron chi connectivity index (χ0n) is 12.6. The maximum absolute atomic E-state index is 12.1. The summed E-state index contributed by atoms with van der Waals surface area (Å²) in [6, 6.07) is -2.96. The molecule has 0 radical (unpaired) electrons. The van der Waals surface area contributed by atoms with E-state index in [4.69, 9.17) is 10.8 Å². The van der Waals surface area contributed by atoms with Crippen LogP contribution in [0.2, 0.25) is 0 Å². The zero-order chi connectivity index (χ0) is 18.0. The predicted molar refractivity (Wildman–Crippen MR) is 81.9 cm³/mol. The highest BCUT2D eigenvalue weighted by molar-refractivity contribution is 8.01. The van der Waals surface area contributed by atoms with Crippen LogP contribution in [-0.4, -0.2) is 79.3 Å². The Hall–Kier alpha value is -1.85. The average Bonchev–Trinajstić information content (AvgIpc) is 2.87. The fourth-order valence-corrected chi connectivity index (χ4v) is 4.31. The highest BCUT2D eigenvalue weighted by Crippen LogP contribution is 2.44. The number of nitrogens with two attached hydrogens (primary N) is 1. The lowest BCUT2D eigenvalue weighted by Crippen LogP contribution is -2.70. The molecule has 5 unspecified atom stereocenters. The van der Waals surface area contributed by atoms with Crippen molar-refractivity contribution < 1.29 is 34.5 Å². The SMILES string of the molecule is NC(CCCC(=O)NC1C(=O)N2C1SC(CO)C2C(=O)O)C(=O)O. The molecule has 2 saturated heterocycles. The number of hydrogen-bond acceptors (Lipinski definition) is 7. The molecule has 2 aliphatic rings. The number of fused-ring (bicyclic) bond motifs is 1. The van der Waals surface area contributed by atoms with Crippen LogP contribution in [-0.2, 0) is 19.2 Å². The number of aliphatic hydroxyl groups is 1. The van der Waals surface area contributed by atoms with Gasteiger partial charge in [0, 0.05) is 6.42 Å². The van der Waals surface area contributed by atoms with Crippen LogP contribution in [0.15, 0.2) is 0 Å². The lowest BCUT2D eigenvalue weighted by molar-refractivity contribution is -0.160. The number of amides is 2. The van der Waals surface area contributed by atoms with Crippen molar-refractivity contribution in [3.05, 3.63) is 0 Å². The third kappa shape index (κ3) is 3.47. The molecular formula is C13H19N3O7S. The number of carbonyl (C=O) groups is 4. The lowest BCUT2D eigenvalue weighted by Gasteiger charge is -2.43. The van der Waals surface area contributed by atoms with Crippen molar-refractivity contribution in [3.8, 4) is 0 Å². The first-order valence-electron chi connectivity index (χ1n) is 7.37. The van der Waals surface area contributed by atoms with Gasteiger partial charge in [0.15, 0.2) is 0 Å². The van der Waals surface area contributed by atoms with E-state index in [0.29, 0.717) is 0 Å². The van der Waals surface area contributed by atoms with Gasteiger partial charge in [-0.15, -0.1) is 11.8 Å². The summed E-state index contributed by atoms with van der Waals surface area (Å²) < 4.78 is 0. The molecule has 0 aromatic carbocycles. The van der Waals surface area contributed by atoms with Gasteiger partial charge in [-0.3, -0.25) is 14.4 Å². The standard InChI is InChI=1S/C13H19N3O7S/c14-5(12(20)21)2-1-3-7(18)15-8-10(19)16-9(13(22)23)6(4-17)24-11(8)16/h5-6,8-9,11,17H,1-4,14H2,(H,15,18)(H,20,21)(H,22,23). The Labute approximate surface area is 141 Å². The smallest absolute Gasteiger partial charge is 0.327 e. The first kappa shape index (κ1) is 18.5. The number of carboxylic acid groups (broad SMARTS) is 2. The van der Waals surface area contributed by atoms with Crippen LogP contribution in [0, 0.1) is 0 Å². The molecule has 134 valence electrons. The number of β-lactam (4-membered cyclic amide) rings is 1. The predicted octanol–water partition coefficient (Wildman–Crippen LogP) is -2.22. The van der Waals surface area contributed by atoms with Gasteiger partial charge in [-0.2, -0.15) is 0 Å². The molecule has 5 atom stereocenters. The summed E-state index contributed by atoms with van der Waals surface area (Å²) in [5.41, 5.74) is 5.33. The fourth-order valence-electron chi connectivity index (χ4n) is 2.76. The third-order valence-electron chi connectivity index (χ3n) is 4.03. The molecule has 2 heterocycles. The molecule has 2 aliphatic heterocycles. The first-order chi connectivity index (χ1) is 11.3. The first-order valence-corrected chi connectivity index (χ1v) is 8.31. The monoisotopic (exact) mass is 361 g/mol. The van der Waals surface area contributed by atoms with Crippen LogP contribution in [0.5, 0.6) is 0 Å². The molecule has 0 aliphatic carbocycles. The summed E-state index contributed by atoms with van der Waals surface area (Å²) in [6.45, 7) is -0.379. The minimum atomic E-state index is -1.19. The van der Waals surface area contributed by atoms with E-state index in [1.807, 2.05) is 0 Å². The third-order valence-corrected chi connectivity index (χ3v) is 5.57. The number of thioether (sulfide) groups is 1. The minimum absolute atomic E-state index is 0.0218. The summed E-state index contributed by atoms with van der Waals surface area (Å²) in [7, 11) is 0. The Kier molecular flexibility index (Phi) is 5.67. The Morgan fingerprint density at radius 3 is 2.54 bits per heavy atom. The number of aliphatic carboxylic acids is 2. The normalized spacial score (nSPS) is 29.6. The summed E-state index contributed by atoms with van der Waals surface area (Å²) in [4.78, 5) is 46.9. The van der Waals surface area contributed by atoms with Gasteiger partial charge in [0.05, 0.1) is 11.9 Å². The van der Waals surface area contributed by atoms with E-state index in [-0.39, 0.29) is 25.9 Å². The van der Waals surface area contributed by atoms with Crippen LogP contribution in [0.25, 0.3) is 0 Å². The lowest BCUT2D eigenvalue weighted by atomic mass is 10.0. The Bertz CT molecular complexity index is 558. The second-order valence-corrected chi connectivity index (χ2v) is 7.02. The zero-order valence-corrected chi connectivity index (χ0v) is 13.4. The number of carbonyl (C=O) groups excluding carboxylic acids is 2. The topological polar surface area (TPSA) is 170 Å². The molecule has 0 saturated carbocycles. The molecule has 0 spiro atoms. The van der Waals surface area contributed by atoms with E-state index >= 15 is 0 Å². The van der Waals surface area contributed by atoms with Crippen LogP contribution < -0.4 is 11.1 Å². The second-order valence-electron chi connectivity index (χ2n) is 5.66. The van der Waals surface area contributed by atoms with Gasteiger partial charge in [0.25, 0.3) is 0 Å². The van der Waals surface area contributed by atoms with Gasteiger partial charge in [0.1, 0.15) is 23.5 Å². The van der Waals surface area contributed by atoms with Crippen molar-refractivity contribution in [3.63, 3.8) is 0 Å². The van der Waals surface area contributed by atoms with E-state index in [9.17, 15) is 29.4 Å². The highest BCUT2D eigenvalue weighted by atomic mass is 32.2. The summed E-state index contributed by atoms with van der Waals surface area (Å²) in [5.74, 6) is -3.25. The van der Waals surface area contributed by atoms with Crippen molar-refractivity contribution in [1.82, 2.24) is 10.2 Å². The average molecular weight is 361 g/mol. The molecule has 0 aromatic heterocycles. The molecule has 2 amide bonds. The number of carboxylic acids is 2. The van der Waals surface area contributed by atoms with Crippen molar-refractivity contribution in [2.45, 2.75) is 48.0 Å². The van der Waals surface area contributed by atoms with E-state index < -0.39 is 52.5 Å². The molecule has 6 N–H and O–H groups in total. The van der Waals surface area contributed by atoms with Gasteiger partial charge in [-0.05, 0) is 12.8 Å². The summed E-state index contributed by atoms with van der Waals surface area (Å²) >= 11 is 1.15. The van der Waals surface area contributed by atoms with Crippen LogP contribution >= 0.6 is 11.8 Å². The van der Waals surface area contributed by atoms with Gasteiger partial charge in [-0.25, -0.2) is 4.79 Å².